The molecule has 0 aromatic heterocycles. The van der Waals surface area contributed by atoms with Crippen LogP contribution < -0.4 is 0 Å². The molecule has 0 bridgehead atoms. The summed E-state index contributed by atoms with van der Waals surface area (Å²) in [5.41, 5.74) is 0. The Bertz CT molecular complexity index is 1410. The molecule has 6 heteroatoms. The molecule has 0 aromatic rings. The summed E-state index contributed by atoms with van der Waals surface area (Å²) in [7, 11) is 0. The zero-order valence-corrected chi connectivity index (χ0v) is 46.5. The van der Waals surface area contributed by atoms with Crippen LogP contribution in [-0.4, -0.2) is 37.2 Å². The van der Waals surface area contributed by atoms with Crippen LogP contribution in [0.25, 0.3) is 0 Å². The second-order valence-electron chi connectivity index (χ2n) is 19.6. The molecule has 0 heterocycles. The molecule has 0 aliphatic carbocycles. The summed E-state index contributed by atoms with van der Waals surface area (Å²) in [5, 5.41) is 0. The number of esters is 3. The fourth-order valence-corrected chi connectivity index (χ4v) is 8.05. The predicted molar refractivity (Wildman–Crippen MR) is 307 cm³/mol. The topological polar surface area (TPSA) is 78.9 Å². The third kappa shape index (κ3) is 57.1. The molecule has 0 aromatic carbocycles. The molecule has 6 nitrogen and oxygen atoms in total. The van der Waals surface area contributed by atoms with Crippen LogP contribution in [-0.2, 0) is 28.6 Å². The van der Waals surface area contributed by atoms with Gasteiger partial charge in [-0.15, -0.1) is 0 Å². The van der Waals surface area contributed by atoms with Gasteiger partial charge in [0.15, 0.2) is 6.10 Å². The molecule has 0 amide bonds. The first-order valence-corrected chi connectivity index (χ1v) is 29.8. The van der Waals surface area contributed by atoms with Crippen LogP contribution in [0.3, 0.4) is 0 Å². The lowest BCUT2D eigenvalue weighted by Gasteiger charge is -2.18. The fraction of sp³-hybridized carbons (Fsp3) is 0.708. The molecule has 71 heavy (non-hydrogen) atoms. The predicted octanol–water partition coefficient (Wildman–Crippen LogP) is 20.1. The highest BCUT2D eigenvalue weighted by Crippen LogP contribution is 2.14. The maximum atomic E-state index is 12.8. The molecule has 1 atom stereocenters. The number of carbonyl (C=O) groups excluding carboxylic acids is 3. The quantitative estimate of drug-likeness (QED) is 0.0199. The van der Waals surface area contributed by atoms with Gasteiger partial charge in [-0.05, 0) is 109 Å². The van der Waals surface area contributed by atoms with Crippen molar-refractivity contribution in [1.82, 2.24) is 0 Å². The maximum absolute atomic E-state index is 12.8. The molecule has 0 N–H and O–H groups in total. The van der Waals surface area contributed by atoms with Gasteiger partial charge < -0.3 is 14.2 Å². The third-order valence-corrected chi connectivity index (χ3v) is 12.6. The largest absolute Gasteiger partial charge is 0.462 e. The van der Waals surface area contributed by atoms with E-state index < -0.39 is 6.10 Å². The van der Waals surface area contributed by atoms with Crippen molar-refractivity contribution in [2.24, 2.45) is 0 Å². The van der Waals surface area contributed by atoms with Gasteiger partial charge in [0.25, 0.3) is 0 Å². The second kappa shape index (κ2) is 58.9. The Morgan fingerprint density at radius 1 is 0.296 bits per heavy atom. The second-order valence-corrected chi connectivity index (χ2v) is 19.6. The number of unbranched alkanes of at least 4 members (excludes halogenated alkanes) is 27. The number of ether oxygens (including phenoxy) is 3. The first kappa shape index (κ1) is 67.3. The Labute approximate surface area is 438 Å². The Hall–Kier alpha value is -3.67. The van der Waals surface area contributed by atoms with E-state index >= 15 is 0 Å². The van der Waals surface area contributed by atoms with E-state index in [1.165, 1.54) is 167 Å². The number of carbonyl (C=O) groups is 3. The van der Waals surface area contributed by atoms with Crippen LogP contribution in [0.2, 0.25) is 0 Å². The van der Waals surface area contributed by atoms with Crippen molar-refractivity contribution in [1.29, 1.82) is 0 Å². The number of hydrogen-bond acceptors (Lipinski definition) is 6. The van der Waals surface area contributed by atoms with Gasteiger partial charge in [-0.2, -0.15) is 0 Å². The summed E-state index contributed by atoms with van der Waals surface area (Å²) in [6.07, 6.45) is 78.4. The minimum atomic E-state index is -0.827. The summed E-state index contributed by atoms with van der Waals surface area (Å²) >= 11 is 0. The van der Waals surface area contributed by atoms with Crippen LogP contribution in [0.1, 0.15) is 278 Å². The van der Waals surface area contributed by atoms with Crippen LogP contribution >= 0.6 is 0 Å². The average Bonchev–Trinajstić information content (AvgIpc) is 3.37. The van der Waals surface area contributed by atoms with Crippen LogP contribution in [0.5, 0.6) is 0 Å². The molecule has 0 saturated heterocycles. The molecular weight excluding hydrogens is 877 g/mol. The van der Waals surface area contributed by atoms with E-state index in [1.54, 1.807) is 0 Å². The van der Waals surface area contributed by atoms with Gasteiger partial charge in [-0.25, -0.2) is 0 Å². The zero-order valence-electron chi connectivity index (χ0n) is 46.5. The number of allylic oxidation sites excluding steroid dienone is 16. The van der Waals surface area contributed by atoms with E-state index in [9.17, 15) is 14.4 Å². The fourth-order valence-electron chi connectivity index (χ4n) is 8.05. The van der Waals surface area contributed by atoms with E-state index in [4.69, 9.17) is 14.2 Å². The molecule has 0 fully saturated rings. The van der Waals surface area contributed by atoms with Crippen molar-refractivity contribution in [2.75, 3.05) is 13.2 Å². The van der Waals surface area contributed by atoms with Crippen LogP contribution in [0, 0.1) is 0 Å². The molecule has 1 unspecified atom stereocenters. The minimum Gasteiger partial charge on any atom is -0.462 e. The van der Waals surface area contributed by atoms with Crippen molar-refractivity contribution >= 4 is 17.9 Å². The highest BCUT2D eigenvalue weighted by Gasteiger charge is 2.19. The molecular formula is C65H110O6. The summed E-state index contributed by atoms with van der Waals surface area (Å²) < 4.78 is 16.8. The molecule has 406 valence electrons. The van der Waals surface area contributed by atoms with Crippen molar-refractivity contribution < 1.29 is 28.6 Å². The standard InChI is InChI=1S/C65H110O6/c1-4-7-10-13-16-19-22-25-28-31-32-35-37-40-43-46-49-52-55-58-64(67)70-61-62(71-65(68)59-56-53-50-47-44-41-38-34-30-27-24-21-18-15-12-9-6-3)60-69-63(66)57-54-51-48-45-42-39-36-33-29-26-23-20-17-14-11-8-5-2/h16,19,22,25-27,29-30,36,38-39,41,45,47-48,50,62H,4-15,17-18,20-21,23-24,28,31-35,37,40,42-44,46,49,51-61H2,1-3H3/b19-16-,25-22-,29-26-,30-27-,39-36-,41-38-,48-45-,50-47-. The van der Waals surface area contributed by atoms with Crippen molar-refractivity contribution in [2.45, 2.75) is 284 Å². The van der Waals surface area contributed by atoms with Gasteiger partial charge in [-0.3, -0.25) is 14.4 Å². The lowest BCUT2D eigenvalue weighted by atomic mass is 10.1. The summed E-state index contributed by atoms with van der Waals surface area (Å²) in [6, 6.07) is 0. The lowest BCUT2D eigenvalue weighted by molar-refractivity contribution is -0.167. The van der Waals surface area contributed by atoms with Gasteiger partial charge in [0.1, 0.15) is 13.2 Å². The van der Waals surface area contributed by atoms with Gasteiger partial charge in [0.2, 0.25) is 0 Å². The highest BCUT2D eigenvalue weighted by molar-refractivity contribution is 5.71. The Morgan fingerprint density at radius 3 is 0.958 bits per heavy atom. The third-order valence-electron chi connectivity index (χ3n) is 12.6. The number of hydrogen-bond donors (Lipinski definition) is 0. The van der Waals surface area contributed by atoms with E-state index in [0.29, 0.717) is 19.3 Å². The van der Waals surface area contributed by atoms with Gasteiger partial charge in [0, 0.05) is 19.3 Å². The highest BCUT2D eigenvalue weighted by atomic mass is 16.6. The Morgan fingerprint density at radius 2 is 0.563 bits per heavy atom. The van der Waals surface area contributed by atoms with Gasteiger partial charge in [-0.1, -0.05) is 246 Å². The van der Waals surface area contributed by atoms with Gasteiger partial charge in [0.05, 0.1) is 0 Å². The summed E-state index contributed by atoms with van der Waals surface area (Å²) in [4.78, 5) is 38.2. The average molecular weight is 988 g/mol. The Kier molecular flexibility index (Phi) is 55.9. The molecule has 0 rings (SSSR count). The van der Waals surface area contributed by atoms with Gasteiger partial charge >= 0.3 is 17.9 Å². The smallest absolute Gasteiger partial charge is 0.306 e. The SMILES string of the molecule is CCCCC/C=C\C=C/CCCCCCCCCCCCC(=O)OCC(COC(=O)CCC/C=C\C/C=C\C/C=C\CCCCCCCC)OC(=O)CCC/C=C\C/C=C\C/C=C\CCCCCCCC. The first-order chi connectivity index (χ1) is 35.0. The van der Waals surface area contributed by atoms with Crippen molar-refractivity contribution in [3.8, 4) is 0 Å². The molecule has 0 saturated carbocycles. The van der Waals surface area contributed by atoms with E-state index in [-0.39, 0.29) is 44.0 Å². The van der Waals surface area contributed by atoms with E-state index in [0.717, 1.165) is 57.8 Å². The summed E-state index contributed by atoms with van der Waals surface area (Å²) in [5.74, 6) is -1.02. The molecule has 0 aliphatic heterocycles. The zero-order chi connectivity index (χ0) is 51.4. The summed E-state index contributed by atoms with van der Waals surface area (Å²) in [6.45, 7) is 6.52. The van der Waals surface area contributed by atoms with Crippen LogP contribution in [0.15, 0.2) is 97.2 Å². The lowest BCUT2D eigenvalue weighted by Crippen LogP contribution is -2.30. The molecule has 0 spiro atoms. The molecule has 0 aliphatic rings. The maximum Gasteiger partial charge on any atom is 0.306 e. The van der Waals surface area contributed by atoms with Crippen molar-refractivity contribution in [3.05, 3.63) is 97.2 Å². The first-order valence-electron chi connectivity index (χ1n) is 29.8. The van der Waals surface area contributed by atoms with Crippen LogP contribution in [0.4, 0.5) is 0 Å². The number of rotatable bonds is 53. The normalized spacial score (nSPS) is 12.8. The monoisotopic (exact) mass is 987 g/mol. The van der Waals surface area contributed by atoms with Crippen molar-refractivity contribution in [3.63, 3.8) is 0 Å². The van der Waals surface area contributed by atoms with E-state index in [1.807, 2.05) is 0 Å². The molecule has 0 radical (unpaired) electrons. The minimum absolute atomic E-state index is 0.115. The Balaban J connectivity index is 4.52. The van der Waals surface area contributed by atoms with E-state index in [2.05, 4.69) is 118 Å².